The predicted molar refractivity (Wildman–Crippen MR) is 95.9 cm³/mol. The van der Waals surface area contributed by atoms with Gasteiger partial charge < -0.3 is 9.88 Å². The van der Waals surface area contributed by atoms with Gasteiger partial charge in [-0.2, -0.15) is 0 Å². The fraction of sp³-hybridized carbons (Fsp3) is 0.526. The second-order valence-corrected chi connectivity index (χ2v) is 6.71. The van der Waals surface area contributed by atoms with Crippen LogP contribution in [0.3, 0.4) is 0 Å². The minimum atomic E-state index is 0.0744. The summed E-state index contributed by atoms with van der Waals surface area (Å²) in [4.78, 5) is 14.5. The van der Waals surface area contributed by atoms with Crippen LogP contribution < -0.4 is 5.32 Å². The van der Waals surface area contributed by atoms with E-state index in [0.717, 1.165) is 12.2 Å². The molecule has 0 radical (unpaired) electrons. The molecule has 1 aromatic heterocycles. The molecule has 2 aromatic rings. The molecule has 0 aliphatic heterocycles. The van der Waals surface area contributed by atoms with Gasteiger partial charge in [0.15, 0.2) is 0 Å². The molecule has 3 rings (SSSR count). The lowest BCUT2D eigenvalue weighted by atomic mass is 10.2. The van der Waals surface area contributed by atoms with Crippen molar-refractivity contribution < 1.29 is 4.79 Å². The van der Waals surface area contributed by atoms with E-state index in [0.29, 0.717) is 12.6 Å². The summed E-state index contributed by atoms with van der Waals surface area (Å²) in [6, 6.07) is 8.93. The number of likely N-dealkylation sites (N-methyl/N-ethyl adjacent to an activating group) is 1. The zero-order chi connectivity index (χ0) is 16.4. The van der Waals surface area contributed by atoms with Crippen molar-refractivity contribution in [2.75, 3.05) is 18.9 Å². The Morgan fingerprint density at radius 1 is 1.30 bits per heavy atom. The van der Waals surface area contributed by atoms with E-state index in [-0.39, 0.29) is 5.91 Å². The summed E-state index contributed by atoms with van der Waals surface area (Å²) >= 11 is 0. The average molecular weight is 313 g/mol. The Hall–Kier alpha value is -1.81. The number of aromatic nitrogens is 1. The normalized spacial score (nSPS) is 15.7. The number of fused-ring (bicyclic) bond motifs is 1. The number of hydrogen-bond acceptors (Lipinski definition) is 2. The van der Waals surface area contributed by atoms with E-state index in [2.05, 4.69) is 53.9 Å². The number of carbonyl (C=O) groups is 1. The van der Waals surface area contributed by atoms with Crippen LogP contribution in [0.1, 0.15) is 38.3 Å². The maximum absolute atomic E-state index is 12.3. The number of amides is 1. The van der Waals surface area contributed by atoms with Gasteiger partial charge in [0.1, 0.15) is 0 Å². The molecule has 1 N–H and O–H groups in total. The first kappa shape index (κ1) is 16.1. The summed E-state index contributed by atoms with van der Waals surface area (Å²) in [5.74, 6) is 0.0744. The van der Waals surface area contributed by atoms with Crippen molar-refractivity contribution in [2.24, 2.45) is 0 Å². The summed E-state index contributed by atoms with van der Waals surface area (Å²) in [5.41, 5.74) is 3.37. The van der Waals surface area contributed by atoms with Gasteiger partial charge in [-0.1, -0.05) is 12.8 Å². The minimum Gasteiger partial charge on any atom is -0.345 e. The highest BCUT2D eigenvalue weighted by Gasteiger charge is 2.21. The van der Waals surface area contributed by atoms with Crippen molar-refractivity contribution in [3.8, 4) is 0 Å². The van der Waals surface area contributed by atoms with Gasteiger partial charge in [-0.05, 0) is 58.0 Å². The van der Waals surface area contributed by atoms with Gasteiger partial charge in [-0.25, -0.2) is 0 Å². The molecule has 1 aliphatic carbocycles. The molecule has 1 aromatic carbocycles. The third-order valence-electron chi connectivity index (χ3n) is 5.05. The van der Waals surface area contributed by atoms with E-state index in [9.17, 15) is 4.79 Å². The maximum atomic E-state index is 12.3. The molecule has 0 spiro atoms. The Balaban J connectivity index is 1.67. The quantitative estimate of drug-likeness (QED) is 0.912. The highest BCUT2D eigenvalue weighted by molar-refractivity contribution is 5.95. The summed E-state index contributed by atoms with van der Waals surface area (Å²) in [7, 11) is 2.06. The van der Waals surface area contributed by atoms with Gasteiger partial charge in [0.05, 0.1) is 6.54 Å². The lowest BCUT2D eigenvalue weighted by Crippen LogP contribution is -2.36. The monoisotopic (exact) mass is 313 g/mol. The zero-order valence-electron chi connectivity index (χ0n) is 14.4. The van der Waals surface area contributed by atoms with Crippen LogP contribution in [0, 0.1) is 6.92 Å². The predicted octanol–water partition coefficient (Wildman–Crippen LogP) is 3.78. The molecular weight excluding hydrogens is 286 g/mol. The molecule has 4 heteroatoms. The van der Waals surface area contributed by atoms with Crippen molar-refractivity contribution in [2.45, 2.75) is 52.1 Å². The first-order valence-corrected chi connectivity index (χ1v) is 8.68. The number of rotatable bonds is 5. The van der Waals surface area contributed by atoms with Crippen LogP contribution in [0.25, 0.3) is 10.9 Å². The summed E-state index contributed by atoms with van der Waals surface area (Å²) in [5, 5.41) is 4.23. The van der Waals surface area contributed by atoms with Crippen molar-refractivity contribution in [3.63, 3.8) is 0 Å². The molecule has 1 aliphatic rings. The summed E-state index contributed by atoms with van der Waals surface area (Å²) < 4.78 is 2.29. The van der Waals surface area contributed by atoms with Gasteiger partial charge in [-0.15, -0.1) is 0 Å². The summed E-state index contributed by atoms with van der Waals surface area (Å²) in [6.45, 7) is 5.71. The maximum Gasteiger partial charge on any atom is 0.238 e. The molecule has 0 saturated heterocycles. The Bertz CT molecular complexity index is 698. The van der Waals surface area contributed by atoms with Crippen molar-refractivity contribution >= 4 is 22.5 Å². The molecule has 1 fully saturated rings. The highest BCUT2D eigenvalue weighted by Crippen LogP contribution is 2.24. The number of anilines is 1. The number of hydrogen-bond donors (Lipinski definition) is 1. The van der Waals surface area contributed by atoms with E-state index in [1.165, 1.54) is 42.3 Å². The fourth-order valence-electron chi connectivity index (χ4n) is 3.81. The molecule has 0 unspecified atom stereocenters. The van der Waals surface area contributed by atoms with E-state index in [4.69, 9.17) is 0 Å². The van der Waals surface area contributed by atoms with Crippen molar-refractivity contribution in [1.29, 1.82) is 0 Å². The first-order valence-electron chi connectivity index (χ1n) is 8.68. The highest BCUT2D eigenvalue weighted by atomic mass is 16.2. The molecule has 1 saturated carbocycles. The second kappa shape index (κ2) is 6.75. The third kappa shape index (κ3) is 3.42. The third-order valence-corrected chi connectivity index (χ3v) is 5.05. The van der Waals surface area contributed by atoms with Crippen LogP contribution in [0.2, 0.25) is 0 Å². The Labute approximate surface area is 138 Å². The van der Waals surface area contributed by atoms with Gasteiger partial charge in [-0.3, -0.25) is 9.69 Å². The number of benzene rings is 1. The molecule has 1 amide bonds. The average Bonchev–Trinajstić information content (AvgIpc) is 3.13. The molecule has 4 nitrogen and oxygen atoms in total. The minimum absolute atomic E-state index is 0.0744. The molecular formula is C19H27N3O. The Kier molecular flexibility index (Phi) is 4.71. The standard InChI is InChI=1S/C19H27N3O/c1-4-22-14(2)11-15-12-16(9-10-18(15)22)20-19(23)13-21(3)17-7-5-6-8-17/h9-12,17H,4-8,13H2,1-3H3,(H,20,23). The van der Waals surface area contributed by atoms with Crippen molar-refractivity contribution in [1.82, 2.24) is 9.47 Å². The summed E-state index contributed by atoms with van der Waals surface area (Å²) in [6.07, 6.45) is 5.03. The lowest BCUT2D eigenvalue weighted by Gasteiger charge is -2.23. The molecule has 124 valence electrons. The molecule has 0 bridgehead atoms. The molecule has 0 atom stereocenters. The Morgan fingerprint density at radius 2 is 2.04 bits per heavy atom. The number of nitrogens with zero attached hydrogens (tertiary/aromatic N) is 2. The number of carbonyl (C=O) groups excluding carboxylic acids is 1. The zero-order valence-corrected chi connectivity index (χ0v) is 14.4. The van der Waals surface area contributed by atoms with E-state index >= 15 is 0 Å². The van der Waals surface area contributed by atoms with Gasteiger partial charge in [0, 0.05) is 34.9 Å². The smallest absolute Gasteiger partial charge is 0.238 e. The first-order chi connectivity index (χ1) is 11.1. The molecule has 23 heavy (non-hydrogen) atoms. The van der Waals surface area contributed by atoms with Crippen LogP contribution in [-0.2, 0) is 11.3 Å². The number of aryl methyl sites for hydroxylation is 2. The SMILES string of the molecule is CCn1c(C)cc2cc(NC(=O)CN(C)C3CCCC3)ccc21. The van der Waals surface area contributed by atoms with Gasteiger partial charge >= 0.3 is 0 Å². The largest absolute Gasteiger partial charge is 0.345 e. The van der Waals surface area contributed by atoms with E-state index < -0.39 is 0 Å². The van der Waals surface area contributed by atoms with Crippen LogP contribution in [0.15, 0.2) is 24.3 Å². The number of nitrogens with one attached hydrogen (secondary N) is 1. The van der Waals surface area contributed by atoms with Crippen LogP contribution >= 0.6 is 0 Å². The Morgan fingerprint density at radius 3 is 2.74 bits per heavy atom. The van der Waals surface area contributed by atoms with Crippen LogP contribution in [-0.4, -0.2) is 35.0 Å². The van der Waals surface area contributed by atoms with Crippen LogP contribution in [0.5, 0.6) is 0 Å². The topological polar surface area (TPSA) is 37.3 Å². The van der Waals surface area contributed by atoms with Crippen molar-refractivity contribution in [3.05, 3.63) is 30.0 Å². The lowest BCUT2D eigenvalue weighted by molar-refractivity contribution is -0.117. The van der Waals surface area contributed by atoms with E-state index in [1.807, 2.05) is 6.07 Å². The van der Waals surface area contributed by atoms with Gasteiger partial charge in [0.2, 0.25) is 5.91 Å². The fourth-order valence-corrected chi connectivity index (χ4v) is 3.81. The van der Waals surface area contributed by atoms with Crippen LogP contribution in [0.4, 0.5) is 5.69 Å². The molecule has 1 heterocycles. The second-order valence-electron chi connectivity index (χ2n) is 6.71. The van der Waals surface area contributed by atoms with Gasteiger partial charge in [0.25, 0.3) is 0 Å². The van der Waals surface area contributed by atoms with E-state index in [1.54, 1.807) is 0 Å².